The quantitative estimate of drug-likeness (QED) is 0.944. The molecule has 2 aromatic rings. The highest BCUT2D eigenvalue weighted by atomic mass is 16.3. The first-order chi connectivity index (χ1) is 10.7. The number of aliphatic hydroxyl groups is 1. The molecule has 1 aromatic carbocycles. The Hall–Kier alpha value is -1.88. The van der Waals surface area contributed by atoms with E-state index in [1.165, 1.54) is 6.42 Å². The lowest BCUT2D eigenvalue weighted by atomic mass is 10.1. The maximum absolute atomic E-state index is 12.6. The molecule has 1 aromatic heterocycles. The Bertz CT molecular complexity index is 659. The van der Waals surface area contributed by atoms with Gasteiger partial charge in [-0.3, -0.25) is 4.79 Å². The molecule has 3 rings (SSSR count). The first-order valence-corrected chi connectivity index (χ1v) is 8.11. The molecule has 1 fully saturated rings. The summed E-state index contributed by atoms with van der Waals surface area (Å²) >= 11 is 0. The summed E-state index contributed by atoms with van der Waals surface area (Å²) in [6.45, 7) is 3.86. The smallest absolute Gasteiger partial charge is 0.242 e. The Morgan fingerprint density at radius 1 is 1.27 bits per heavy atom. The number of nitrogens with zero attached hydrogens (tertiary/aromatic N) is 3. The maximum Gasteiger partial charge on any atom is 0.242 e. The summed E-state index contributed by atoms with van der Waals surface area (Å²) in [5.41, 5.74) is 1.74. The van der Waals surface area contributed by atoms with Gasteiger partial charge in [0.1, 0.15) is 18.5 Å². The van der Waals surface area contributed by atoms with Crippen LogP contribution in [0.5, 0.6) is 0 Å². The van der Waals surface area contributed by atoms with Gasteiger partial charge in [-0.25, -0.2) is 4.98 Å². The number of aliphatic hydroxyl groups excluding tert-OH is 1. The number of rotatable bonds is 4. The van der Waals surface area contributed by atoms with Crippen LogP contribution in [0, 0.1) is 0 Å². The minimum atomic E-state index is -0.637. The number of fused-ring (bicyclic) bond motifs is 1. The molecule has 1 aliphatic heterocycles. The normalized spacial score (nSPS) is 16.9. The Morgan fingerprint density at radius 2 is 2.00 bits per heavy atom. The van der Waals surface area contributed by atoms with Crippen molar-refractivity contribution in [1.82, 2.24) is 14.5 Å². The van der Waals surface area contributed by atoms with Crippen molar-refractivity contribution in [3.63, 3.8) is 0 Å². The van der Waals surface area contributed by atoms with Crippen LogP contribution in [0.25, 0.3) is 11.0 Å². The number of para-hydroxylation sites is 2. The van der Waals surface area contributed by atoms with Gasteiger partial charge in [0.15, 0.2) is 0 Å². The van der Waals surface area contributed by atoms with Crippen molar-refractivity contribution >= 4 is 16.9 Å². The van der Waals surface area contributed by atoms with E-state index in [2.05, 4.69) is 4.98 Å². The van der Waals surface area contributed by atoms with E-state index >= 15 is 0 Å². The number of hydrogen-bond donors (Lipinski definition) is 1. The van der Waals surface area contributed by atoms with Gasteiger partial charge in [0.2, 0.25) is 5.91 Å². The molecule has 0 bridgehead atoms. The van der Waals surface area contributed by atoms with Gasteiger partial charge in [0, 0.05) is 13.1 Å². The molecule has 2 heterocycles. The van der Waals surface area contributed by atoms with Crippen LogP contribution in [0.1, 0.15) is 44.5 Å². The standard InChI is InChI=1S/C17H23N3O2/c1-2-15(21)17-18-13-8-4-5-9-14(13)20(17)12-16(22)19-10-6-3-7-11-19/h4-5,8-9,15,21H,2-3,6-7,10-12H2,1H3. The summed E-state index contributed by atoms with van der Waals surface area (Å²) < 4.78 is 1.88. The predicted molar refractivity (Wildman–Crippen MR) is 85.4 cm³/mol. The fourth-order valence-corrected chi connectivity index (χ4v) is 3.08. The second kappa shape index (κ2) is 6.48. The highest BCUT2D eigenvalue weighted by molar-refractivity contribution is 5.81. The number of carbonyl (C=O) groups excluding carboxylic acids is 1. The molecular weight excluding hydrogens is 278 g/mol. The SMILES string of the molecule is CCC(O)c1nc2ccccc2n1CC(=O)N1CCCCC1. The van der Waals surface area contributed by atoms with E-state index in [0.717, 1.165) is 37.0 Å². The van der Waals surface area contributed by atoms with Crippen LogP contribution in [0.3, 0.4) is 0 Å². The van der Waals surface area contributed by atoms with Crippen molar-refractivity contribution in [3.05, 3.63) is 30.1 Å². The van der Waals surface area contributed by atoms with Crippen molar-refractivity contribution < 1.29 is 9.90 Å². The molecule has 0 aliphatic carbocycles. The van der Waals surface area contributed by atoms with Crippen molar-refractivity contribution in [1.29, 1.82) is 0 Å². The fraction of sp³-hybridized carbons (Fsp3) is 0.529. The lowest BCUT2D eigenvalue weighted by molar-refractivity contribution is -0.132. The molecule has 1 unspecified atom stereocenters. The molecule has 0 saturated carbocycles. The van der Waals surface area contributed by atoms with Crippen molar-refractivity contribution in [2.75, 3.05) is 13.1 Å². The van der Waals surface area contributed by atoms with E-state index in [1.54, 1.807) is 0 Å². The van der Waals surface area contributed by atoms with Gasteiger partial charge < -0.3 is 14.6 Å². The molecule has 1 aliphatic rings. The molecular formula is C17H23N3O2. The van der Waals surface area contributed by atoms with E-state index in [1.807, 2.05) is 40.7 Å². The van der Waals surface area contributed by atoms with Crippen LogP contribution in [-0.2, 0) is 11.3 Å². The van der Waals surface area contributed by atoms with Crippen molar-refractivity contribution in [2.45, 2.75) is 45.3 Å². The number of benzene rings is 1. The summed E-state index contributed by atoms with van der Waals surface area (Å²) in [6, 6.07) is 7.74. The molecule has 5 heteroatoms. The number of imidazole rings is 1. The predicted octanol–water partition coefficient (Wildman–Crippen LogP) is 2.49. The number of piperidine rings is 1. The van der Waals surface area contributed by atoms with Gasteiger partial charge in [-0.05, 0) is 37.8 Å². The second-order valence-corrected chi connectivity index (χ2v) is 5.91. The van der Waals surface area contributed by atoms with Crippen molar-refractivity contribution in [3.8, 4) is 0 Å². The molecule has 118 valence electrons. The van der Waals surface area contributed by atoms with E-state index in [0.29, 0.717) is 12.2 Å². The molecule has 22 heavy (non-hydrogen) atoms. The van der Waals surface area contributed by atoms with Crippen LogP contribution in [0.4, 0.5) is 0 Å². The Kier molecular flexibility index (Phi) is 4.43. The van der Waals surface area contributed by atoms with E-state index in [9.17, 15) is 9.90 Å². The molecule has 0 spiro atoms. The van der Waals surface area contributed by atoms with Gasteiger partial charge in [-0.2, -0.15) is 0 Å². The molecule has 1 atom stereocenters. The van der Waals surface area contributed by atoms with Gasteiger partial charge in [0.25, 0.3) is 0 Å². The zero-order chi connectivity index (χ0) is 15.5. The number of amides is 1. The molecule has 0 radical (unpaired) electrons. The van der Waals surface area contributed by atoms with Gasteiger partial charge in [-0.15, -0.1) is 0 Å². The third kappa shape index (κ3) is 2.86. The Balaban J connectivity index is 1.92. The number of aromatic nitrogens is 2. The number of likely N-dealkylation sites (tertiary alicyclic amines) is 1. The van der Waals surface area contributed by atoms with Gasteiger partial charge >= 0.3 is 0 Å². The van der Waals surface area contributed by atoms with Crippen molar-refractivity contribution in [2.24, 2.45) is 0 Å². The monoisotopic (exact) mass is 301 g/mol. The summed E-state index contributed by atoms with van der Waals surface area (Å²) in [6.07, 6.45) is 3.32. The largest absolute Gasteiger partial charge is 0.385 e. The number of carbonyl (C=O) groups is 1. The zero-order valence-electron chi connectivity index (χ0n) is 13.0. The highest BCUT2D eigenvalue weighted by Gasteiger charge is 2.22. The average molecular weight is 301 g/mol. The summed E-state index contributed by atoms with van der Waals surface area (Å²) in [4.78, 5) is 19.0. The topological polar surface area (TPSA) is 58.4 Å². The first-order valence-electron chi connectivity index (χ1n) is 8.11. The minimum absolute atomic E-state index is 0.118. The zero-order valence-corrected chi connectivity index (χ0v) is 13.0. The van der Waals surface area contributed by atoms with Crippen LogP contribution < -0.4 is 0 Å². The second-order valence-electron chi connectivity index (χ2n) is 5.91. The van der Waals surface area contributed by atoms with E-state index in [4.69, 9.17) is 0 Å². The van der Waals surface area contributed by atoms with Crippen LogP contribution in [0.15, 0.2) is 24.3 Å². The highest BCUT2D eigenvalue weighted by Crippen LogP contribution is 2.23. The number of hydrogen-bond acceptors (Lipinski definition) is 3. The van der Waals surface area contributed by atoms with Crippen LogP contribution >= 0.6 is 0 Å². The third-order valence-corrected chi connectivity index (χ3v) is 4.37. The van der Waals surface area contributed by atoms with Gasteiger partial charge in [0.05, 0.1) is 11.0 Å². The van der Waals surface area contributed by atoms with Crippen LogP contribution in [-0.4, -0.2) is 38.6 Å². The summed E-state index contributed by atoms with van der Waals surface area (Å²) in [7, 11) is 0. The summed E-state index contributed by atoms with van der Waals surface area (Å²) in [5, 5.41) is 10.2. The molecule has 1 amide bonds. The molecule has 1 saturated heterocycles. The molecule has 1 N–H and O–H groups in total. The summed E-state index contributed by atoms with van der Waals surface area (Å²) in [5.74, 6) is 0.710. The Labute approximate surface area is 130 Å². The Morgan fingerprint density at radius 3 is 2.73 bits per heavy atom. The van der Waals surface area contributed by atoms with Gasteiger partial charge in [-0.1, -0.05) is 19.1 Å². The molecule has 5 nitrogen and oxygen atoms in total. The van der Waals surface area contributed by atoms with E-state index < -0.39 is 6.10 Å². The maximum atomic E-state index is 12.6. The lowest BCUT2D eigenvalue weighted by Gasteiger charge is -2.27. The third-order valence-electron chi connectivity index (χ3n) is 4.37. The lowest BCUT2D eigenvalue weighted by Crippen LogP contribution is -2.38. The minimum Gasteiger partial charge on any atom is -0.385 e. The average Bonchev–Trinajstić information content (AvgIpc) is 2.93. The first kappa shape index (κ1) is 15.0. The van der Waals surface area contributed by atoms with E-state index in [-0.39, 0.29) is 12.5 Å². The van der Waals surface area contributed by atoms with Crippen LogP contribution in [0.2, 0.25) is 0 Å². The fourth-order valence-electron chi connectivity index (χ4n) is 3.08.